The Balaban J connectivity index is 0. The first-order valence-corrected chi connectivity index (χ1v) is 6.60. The van der Waals surface area contributed by atoms with Crippen LogP contribution in [0.15, 0.2) is 0 Å². The van der Waals surface area contributed by atoms with Crippen molar-refractivity contribution in [1.29, 1.82) is 0 Å². The lowest BCUT2D eigenvalue weighted by Gasteiger charge is -2.32. The summed E-state index contributed by atoms with van der Waals surface area (Å²) < 4.78 is 0. The topological polar surface area (TPSA) is 58.5 Å². The smallest absolute Gasteiger partial charge is 0.0616 e. The maximum absolute atomic E-state index is 5.82. The average Bonchev–Trinajstić information content (AvgIpc) is 2.14. The van der Waals surface area contributed by atoms with E-state index < -0.39 is 0 Å². The largest absolute Gasteiger partial charge is 0.330 e. The summed E-state index contributed by atoms with van der Waals surface area (Å²) in [6, 6.07) is 0. The Kier molecular flexibility index (Phi) is 9.07. The molecular weight excluding hydrogens is 224 g/mol. The predicted molar refractivity (Wildman–Crippen MR) is 82.5 cm³/mol. The van der Waals surface area contributed by atoms with Gasteiger partial charge in [-0.15, -0.1) is 0 Å². The molecule has 4 nitrogen and oxygen atoms in total. The summed E-state index contributed by atoms with van der Waals surface area (Å²) in [6.07, 6.45) is 0.150. The highest BCUT2D eigenvalue weighted by Gasteiger charge is 2.21. The molecule has 18 heavy (non-hydrogen) atoms. The lowest BCUT2D eigenvalue weighted by atomic mass is 9.92. The van der Waals surface area contributed by atoms with Gasteiger partial charge in [0.2, 0.25) is 0 Å². The molecule has 0 aromatic rings. The van der Waals surface area contributed by atoms with E-state index in [-0.39, 0.29) is 17.0 Å². The van der Waals surface area contributed by atoms with Gasteiger partial charge in [-0.25, -0.2) is 0 Å². The molecule has 4 N–H and O–H groups in total. The molecule has 0 radical (unpaired) electrons. The molecule has 1 atom stereocenters. The second-order valence-corrected chi connectivity index (χ2v) is 7.38. The molecule has 0 rings (SSSR count). The van der Waals surface area contributed by atoms with Crippen molar-refractivity contribution in [1.82, 2.24) is 9.80 Å². The minimum Gasteiger partial charge on any atom is -0.330 e. The van der Waals surface area contributed by atoms with Crippen molar-refractivity contribution in [3.8, 4) is 0 Å². The highest BCUT2D eigenvalue weighted by atomic mass is 15.2. The van der Waals surface area contributed by atoms with Crippen LogP contribution in [0.5, 0.6) is 0 Å². The first kappa shape index (κ1) is 20.2. The highest BCUT2D eigenvalue weighted by Crippen LogP contribution is 2.17. The fraction of sp³-hybridized carbons (Fsp3) is 1.00. The van der Waals surface area contributed by atoms with E-state index in [4.69, 9.17) is 11.5 Å². The second-order valence-electron chi connectivity index (χ2n) is 7.38. The Morgan fingerprint density at radius 1 is 0.944 bits per heavy atom. The van der Waals surface area contributed by atoms with E-state index in [1.807, 2.05) is 19.0 Å². The minimum absolute atomic E-state index is 0.150. The van der Waals surface area contributed by atoms with Crippen LogP contribution in [0.25, 0.3) is 0 Å². The van der Waals surface area contributed by atoms with Gasteiger partial charge in [0.05, 0.1) is 6.17 Å². The Hall–Kier alpha value is -0.160. The van der Waals surface area contributed by atoms with Gasteiger partial charge in [0.25, 0.3) is 0 Å². The van der Waals surface area contributed by atoms with E-state index in [9.17, 15) is 0 Å². The molecule has 0 aromatic carbocycles. The van der Waals surface area contributed by atoms with Crippen LogP contribution in [-0.2, 0) is 0 Å². The molecule has 0 spiro atoms. The van der Waals surface area contributed by atoms with Crippen molar-refractivity contribution in [2.75, 3.05) is 41.3 Å². The number of rotatable bonds is 4. The molecule has 0 fully saturated rings. The maximum atomic E-state index is 5.82. The lowest BCUT2D eigenvalue weighted by Crippen LogP contribution is -2.46. The Labute approximate surface area is 115 Å². The Bertz CT molecular complexity index is 201. The molecule has 112 valence electrons. The van der Waals surface area contributed by atoms with Crippen LogP contribution in [0.3, 0.4) is 0 Å². The van der Waals surface area contributed by atoms with Gasteiger partial charge in [-0.1, -0.05) is 34.6 Å². The van der Waals surface area contributed by atoms with Crippen LogP contribution in [-0.4, -0.2) is 57.2 Å². The second kappa shape index (κ2) is 8.10. The molecule has 0 aliphatic heterocycles. The van der Waals surface area contributed by atoms with Crippen LogP contribution in [0.4, 0.5) is 0 Å². The van der Waals surface area contributed by atoms with Gasteiger partial charge < -0.3 is 16.4 Å². The SMILES string of the molecule is CN(C)C(N)C(C)(C)C.CN(C)CC(C)(C)CN. The first-order valence-electron chi connectivity index (χ1n) is 6.60. The van der Waals surface area contributed by atoms with E-state index in [1.165, 1.54) is 0 Å². The average molecular weight is 260 g/mol. The molecular formula is C14H36N4. The third-order valence-electron chi connectivity index (χ3n) is 2.74. The van der Waals surface area contributed by atoms with Crippen molar-refractivity contribution in [3.63, 3.8) is 0 Å². The first-order chi connectivity index (χ1) is 7.83. The van der Waals surface area contributed by atoms with Crippen molar-refractivity contribution < 1.29 is 0 Å². The number of nitrogens with zero attached hydrogens (tertiary/aromatic N) is 2. The zero-order chi connectivity index (χ0) is 15.1. The zero-order valence-electron chi connectivity index (χ0n) is 14.0. The molecule has 0 aromatic heterocycles. The highest BCUT2D eigenvalue weighted by molar-refractivity contribution is 4.73. The molecule has 0 aliphatic carbocycles. The number of nitrogens with two attached hydrogens (primary N) is 2. The number of hydrogen-bond acceptors (Lipinski definition) is 4. The van der Waals surface area contributed by atoms with Gasteiger partial charge >= 0.3 is 0 Å². The molecule has 0 aliphatic rings. The summed E-state index contributed by atoms with van der Waals surface area (Å²) in [5.74, 6) is 0. The Morgan fingerprint density at radius 2 is 1.33 bits per heavy atom. The van der Waals surface area contributed by atoms with Gasteiger partial charge in [0.15, 0.2) is 0 Å². The maximum Gasteiger partial charge on any atom is 0.0616 e. The summed E-state index contributed by atoms with van der Waals surface area (Å²) in [5.41, 5.74) is 11.8. The molecule has 0 saturated heterocycles. The van der Waals surface area contributed by atoms with E-state index in [2.05, 4.69) is 53.6 Å². The van der Waals surface area contributed by atoms with Crippen molar-refractivity contribution in [2.24, 2.45) is 22.3 Å². The van der Waals surface area contributed by atoms with E-state index in [0.29, 0.717) is 0 Å². The van der Waals surface area contributed by atoms with Crippen LogP contribution < -0.4 is 11.5 Å². The lowest BCUT2D eigenvalue weighted by molar-refractivity contribution is 0.158. The van der Waals surface area contributed by atoms with Crippen molar-refractivity contribution in [2.45, 2.75) is 40.8 Å². The van der Waals surface area contributed by atoms with Crippen molar-refractivity contribution in [3.05, 3.63) is 0 Å². The monoisotopic (exact) mass is 260 g/mol. The van der Waals surface area contributed by atoms with Crippen molar-refractivity contribution >= 4 is 0 Å². The van der Waals surface area contributed by atoms with E-state index in [1.54, 1.807) is 0 Å². The van der Waals surface area contributed by atoms with Gasteiger partial charge in [-0.05, 0) is 45.6 Å². The molecule has 0 saturated carbocycles. The van der Waals surface area contributed by atoms with E-state index >= 15 is 0 Å². The van der Waals surface area contributed by atoms with Crippen LogP contribution in [0.1, 0.15) is 34.6 Å². The number of hydrogen-bond donors (Lipinski definition) is 2. The normalized spacial score (nSPS) is 14.5. The van der Waals surface area contributed by atoms with Gasteiger partial charge in [-0.3, -0.25) is 4.90 Å². The molecule has 1 unspecified atom stereocenters. The third-order valence-corrected chi connectivity index (χ3v) is 2.74. The summed E-state index contributed by atoms with van der Waals surface area (Å²) >= 11 is 0. The van der Waals surface area contributed by atoms with Crippen LogP contribution in [0.2, 0.25) is 0 Å². The fourth-order valence-electron chi connectivity index (χ4n) is 1.70. The predicted octanol–water partition coefficient (Wildman–Crippen LogP) is 1.41. The minimum atomic E-state index is 0.150. The van der Waals surface area contributed by atoms with Crippen LogP contribution >= 0.6 is 0 Å². The zero-order valence-corrected chi connectivity index (χ0v) is 14.0. The molecule has 4 heteroatoms. The quantitative estimate of drug-likeness (QED) is 0.751. The third kappa shape index (κ3) is 11.0. The van der Waals surface area contributed by atoms with Gasteiger partial charge in [-0.2, -0.15) is 0 Å². The van der Waals surface area contributed by atoms with Gasteiger partial charge in [0, 0.05) is 6.54 Å². The molecule has 0 bridgehead atoms. The molecule has 0 amide bonds. The summed E-state index contributed by atoms with van der Waals surface area (Å²) in [7, 11) is 8.13. The van der Waals surface area contributed by atoms with Crippen LogP contribution in [0, 0.1) is 10.8 Å². The summed E-state index contributed by atoms with van der Waals surface area (Å²) in [5, 5.41) is 0. The Morgan fingerprint density at radius 3 is 1.39 bits per heavy atom. The summed E-state index contributed by atoms with van der Waals surface area (Å²) in [6.45, 7) is 12.6. The van der Waals surface area contributed by atoms with Gasteiger partial charge in [0.1, 0.15) is 0 Å². The fourth-order valence-corrected chi connectivity index (χ4v) is 1.70. The summed E-state index contributed by atoms with van der Waals surface area (Å²) in [4.78, 5) is 4.19. The standard InChI is InChI=1S/2C7H18N2/c1-7(2,5-8)6-9(3)4;1-7(2,3)6(8)9(4)5/h5-6,8H2,1-4H3;6H,8H2,1-5H3. The molecule has 0 heterocycles. The van der Waals surface area contributed by atoms with E-state index in [0.717, 1.165) is 13.1 Å².